The third-order valence-electron chi connectivity index (χ3n) is 2.38. The minimum Gasteiger partial charge on any atom is -0.313 e. The summed E-state index contributed by atoms with van der Waals surface area (Å²) in [6.07, 6.45) is -3.44. The van der Waals surface area contributed by atoms with Gasteiger partial charge in [0, 0.05) is 19.1 Å². The van der Waals surface area contributed by atoms with Crippen LogP contribution in [0.15, 0.2) is 0 Å². The van der Waals surface area contributed by atoms with Crippen molar-refractivity contribution in [2.45, 2.75) is 25.7 Å². The highest BCUT2D eigenvalue weighted by Gasteiger charge is 2.28. The zero-order valence-electron chi connectivity index (χ0n) is 8.73. The van der Waals surface area contributed by atoms with Crippen molar-refractivity contribution in [3.05, 3.63) is 0 Å². The maximum atomic E-state index is 11.6. The van der Waals surface area contributed by atoms with Gasteiger partial charge in [-0.3, -0.25) is 4.74 Å². The number of ether oxygens (including phenoxy) is 1. The van der Waals surface area contributed by atoms with Gasteiger partial charge in [0.05, 0.1) is 6.61 Å². The van der Waals surface area contributed by atoms with Crippen LogP contribution in [0.4, 0.5) is 13.2 Å². The summed E-state index contributed by atoms with van der Waals surface area (Å²) in [5.41, 5.74) is 0. The number of hydrogen-bond acceptors (Lipinski definition) is 3. The summed E-state index contributed by atoms with van der Waals surface area (Å²) in [5, 5.41) is 6.22. The first-order chi connectivity index (χ1) is 6.97. The van der Waals surface area contributed by atoms with E-state index in [0.29, 0.717) is 18.5 Å². The van der Waals surface area contributed by atoms with Gasteiger partial charge < -0.3 is 10.6 Å². The Morgan fingerprint density at radius 2 is 2.20 bits per heavy atom. The number of hydrogen-bond donors (Lipinski definition) is 2. The Morgan fingerprint density at radius 3 is 2.73 bits per heavy atom. The van der Waals surface area contributed by atoms with E-state index in [1.807, 2.05) is 0 Å². The molecule has 1 heterocycles. The van der Waals surface area contributed by atoms with Crippen molar-refractivity contribution in [2.75, 3.05) is 26.2 Å². The topological polar surface area (TPSA) is 33.3 Å². The summed E-state index contributed by atoms with van der Waals surface area (Å²) in [7, 11) is 0. The Hall–Kier alpha value is -0.330. The molecule has 1 aliphatic rings. The third-order valence-corrected chi connectivity index (χ3v) is 2.38. The molecule has 0 aliphatic carbocycles. The Bertz CT molecular complexity index is 187. The molecule has 2 unspecified atom stereocenters. The second-order valence-corrected chi connectivity index (χ2v) is 3.94. The molecule has 0 spiro atoms. The fourth-order valence-corrected chi connectivity index (χ4v) is 1.69. The van der Waals surface area contributed by atoms with Crippen LogP contribution in [-0.4, -0.2) is 38.6 Å². The van der Waals surface area contributed by atoms with Crippen LogP contribution in [0.1, 0.15) is 13.3 Å². The highest BCUT2D eigenvalue weighted by Crippen LogP contribution is 2.15. The van der Waals surface area contributed by atoms with Gasteiger partial charge in [0.25, 0.3) is 0 Å². The van der Waals surface area contributed by atoms with E-state index in [2.05, 4.69) is 22.3 Å². The van der Waals surface area contributed by atoms with Crippen molar-refractivity contribution in [3.8, 4) is 0 Å². The fraction of sp³-hybridized carbons (Fsp3) is 1.00. The number of nitrogens with one attached hydrogen (secondary N) is 2. The van der Waals surface area contributed by atoms with Gasteiger partial charge in [-0.1, -0.05) is 6.92 Å². The van der Waals surface area contributed by atoms with Gasteiger partial charge >= 0.3 is 6.36 Å². The van der Waals surface area contributed by atoms with Crippen LogP contribution in [0.3, 0.4) is 0 Å². The molecule has 2 N–H and O–H groups in total. The molecule has 1 aliphatic heterocycles. The molecule has 0 aromatic carbocycles. The smallest absolute Gasteiger partial charge is 0.313 e. The summed E-state index contributed by atoms with van der Waals surface area (Å²) < 4.78 is 38.4. The van der Waals surface area contributed by atoms with Gasteiger partial charge in [-0.05, 0) is 18.9 Å². The zero-order valence-corrected chi connectivity index (χ0v) is 8.73. The highest BCUT2D eigenvalue weighted by atomic mass is 19.4. The molecule has 2 atom stereocenters. The van der Waals surface area contributed by atoms with Crippen molar-refractivity contribution < 1.29 is 17.9 Å². The molecule has 90 valence electrons. The lowest BCUT2D eigenvalue weighted by Crippen LogP contribution is -2.36. The Kier molecular flexibility index (Phi) is 4.82. The van der Waals surface area contributed by atoms with Crippen LogP contribution in [0.5, 0.6) is 0 Å². The number of halogens is 3. The summed E-state index contributed by atoms with van der Waals surface area (Å²) in [4.78, 5) is 0. The molecule has 0 aromatic heterocycles. The van der Waals surface area contributed by atoms with Gasteiger partial charge in [-0.15, -0.1) is 13.2 Å². The van der Waals surface area contributed by atoms with E-state index in [1.54, 1.807) is 0 Å². The minimum absolute atomic E-state index is 0.228. The summed E-state index contributed by atoms with van der Waals surface area (Å²) >= 11 is 0. The van der Waals surface area contributed by atoms with Crippen molar-refractivity contribution in [3.63, 3.8) is 0 Å². The van der Waals surface area contributed by atoms with Crippen molar-refractivity contribution >= 4 is 0 Å². The lowest BCUT2D eigenvalue weighted by Gasteiger charge is -2.12. The van der Waals surface area contributed by atoms with Crippen molar-refractivity contribution in [1.29, 1.82) is 0 Å². The average molecular weight is 226 g/mol. The first-order valence-electron chi connectivity index (χ1n) is 5.12. The standard InChI is InChI=1S/C9H17F3N2O/c1-7-4-8(14-5-7)6-13-2-3-15-9(10,11)12/h7-8,13-14H,2-6H2,1H3. The van der Waals surface area contributed by atoms with Crippen molar-refractivity contribution in [1.82, 2.24) is 10.6 Å². The van der Waals surface area contributed by atoms with Gasteiger partial charge in [0.1, 0.15) is 0 Å². The maximum absolute atomic E-state index is 11.6. The lowest BCUT2D eigenvalue weighted by atomic mass is 10.1. The zero-order chi connectivity index (χ0) is 11.3. The summed E-state index contributed by atoms with van der Waals surface area (Å²) in [6, 6.07) is 0.380. The molecule has 0 saturated carbocycles. The van der Waals surface area contributed by atoms with Crippen LogP contribution in [0, 0.1) is 5.92 Å². The quantitative estimate of drug-likeness (QED) is 0.689. The molecule has 3 nitrogen and oxygen atoms in total. The number of rotatable bonds is 5. The summed E-state index contributed by atoms with van der Waals surface area (Å²) in [5.74, 6) is 0.656. The first-order valence-corrected chi connectivity index (χ1v) is 5.12. The highest BCUT2D eigenvalue weighted by molar-refractivity contribution is 4.80. The lowest BCUT2D eigenvalue weighted by molar-refractivity contribution is -0.323. The number of alkyl halides is 3. The Labute approximate surface area is 87.4 Å². The monoisotopic (exact) mass is 226 g/mol. The predicted octanol–water partition coefficient (Wildman–Crippen LogP) is 1.11. The van der Waals surface area contributed by atoms with E-state index in [1.165, 1.54) is 0 Å². The molecule has 1 fully saturated rings. The molecule has 0 amide bonds. The van der Waals surface area contributed by atoms with Gasteiger partial charge in [-0.2, -0.15) is 0 Å². The van der Waals surface area contributed by atoms with Crippen LogP contribution in [0.25, 0.3) is 0 Å². The van der Waals surface area contributed by atoms with Gasteiger partial charge in [-0.25, -0.2) is 0 Å². The fourth-order valence-electron chi connectivity index (χ4n) is 1.69. The van der Waals surface area contributed by atoms with E-state index in [4.69, 9.17) is 0 Å². The van der Waals surface area contributed by atoms with E-state index in [0.717, 1.165) is 13.0 Å². The van der Waals surface area contributed by atoms with Gasteiger partial charge in [0.2, 0.25) is 0 Å². The van der Waals surface area contributed by atoms with E-state index in [-0.39, 0.29) is 13.2 Å². The van der Waals surface area contributed by atoms with Crippen molar-refractivity contribution in [2.24, 2.45) is 5.92 Å². The van der Waals surface area contributed by atoms with Crippen LogP contribution in [0.2, 0.25) is 0 Å². The Balaban J connectivity index is 1.93. The molecule has 0 bridgehead atoms. The normalized spacial score (nSPS) is 27.2. The first kappa shape index (κ1) is 12.7. The van der Waals surface area contributed by atoms with E-state index in [9.17, 15) is 13.2 Å². The van der Waals surface area contributed by atoms with E-state index < -0.39 is 6.36 Å². The SMILES string of the molecule is CC1CNC(CNCCOC(F)(F)F)C1. The largest absolute Gasteiger partial charge is 0.522 e. The molecule has 1 saturated heterocycles. The van der Waals surface area contributed by atoms with Crippen LogP contribution in [-0.2, 0) is 4.74 Å². The Morgan fingerprint density at radius 1 is 1.47 bits per heavy atom. The molecular weight excluding hydrogens is 209 g/mol. The van der Waals surface area contributed by atoms with Crippen LogP contribution < -0.4 is 10.6 Å². The molecular formula is C9H17F3N2O. The molecule has 0 aromatic rings. The van der Waals surface area contributed by atoms with Gasteiger partial charge in [0.15, 0.2) is 0 Å². The molecule has 1 rings (SSSR count). The average Bonchev–Trinajstić information content (AvgIpc) is 2.49. The second kappa shape index (κ2) is 5.67. The maximum Gasteiger partial charge on any atom is 0.522 e. The predicted molar refractivity (Wildman–Crippen MR) is 50.4 cm³/mol. The third kappa shape index (κ3) is 5.96. The van der Waals surface area contributed by atoms with E-state index >= 15 is 0 Å². The molecule has 6 heteroatoms. The summed E-state index contributed by atoms with van der Waals surface area (Å²) in [6.45, 7) is 3.74. The minimum atomic E-state index is -4.51. The van der Waals surface area contributed by atoms with Crippen LogP contribution >= 0.6 is 0 Å². The molecule has 0 radical (unpaired) electrons. The second-order valence-electron chi connectivity index (χ2n) is 3.94. The molecule has 15 heavy (non-hydrogen) atoms.